The standard InChI is InChI=1S/C19H34N2/c1-6-8-9-12-21(15(3)4)19-11-10-17(13-16(19)5)14-18(20)7-2/h10-11,13,15,18H,6-9,12,14,20H2,1-5H3. The Balaban J connectivity index is 2.84. The van der Waals surface area contributed by atoms with Crippen LogP contribution in [0.15, 0.2) is 18.2 Å². The van der Waals surface area contributed by atoms with Gasteiger partial charge in [-0.15, -0.1) is 0 Å². The van der Waals surface area contributed by atoms with Crippen molar-refractivity contribution in [3.05, 3.63) is 29.3 Å². The number of unbranched alkanes of at least 4 members (excludes halogenated alkanes) is 2. The second-order valence-corrected chi connectivity index (χ2v) is 6.49. The van der Waals surface area contributed by atoms with E-state index in [1.54, 1.807) is 0 Å². The first-order chi connectivity index (χ1) is 9.99. The van der Waals surface area contributed by atoms with Crippen molar-refractivity contribution in [2.75, 3.05) is 11.4 Å². The van der Waals surface area contributed by atoms with Gasteiger partial charge >= 0.3 is 0 Å². The molecule has 0 spiro atoms. The molecule has 0 aliphatic rings. The predicted octanol–water partition coefficient (Wildman–Crippen LogP) is 4.68. The largest absolute Gasteiger partial charge is 0.369 e. The first kappa shape index (κ1) is 18.0. The summed E-state index contributed by atoms with van der Waals surface area (Å²) in [7, 11) is 0. The Morgan fingerprint density at radius 2 is 1.86 bits per heavy atom. The fraction of sp³-hybridized carbons (Fsp3) is 0.684. The molecule has 1 aromatic rings. The zero-order chi connectivity index (χ0) is 15.8. The molecular weight excluding hydrogens is 256 g/mol. The van der Waals surface area contributed by atoms with Gasteiger partial charge < -0.3 is 10.6 Å². The van der Waals surface area contributed by atoms with Gasteiger partial charge in [0.2, 0.25) is 0 Å². The predicted molar refractivity (Wildman–Crippen MR) is 95.2 cm³/mol. The first-order valence-corrected chi connectivity index (χ1v) is 8.61. The van der Waals surface area contributed by atoms with Crippen LogP contribution in [-0.4, -0.2) is 18.6 Å². The van der Waals surface area contributed by atoms with E-state index >= 15 is 0 Å². The van der Waals surface area contributed by atoms with Crippen LogP contribution in [-0.2, 0) is 6.42 Å². The van der Waals surface area contributed by atoms with Crippen molar-refractivity contribution in [1.29, 1.82) is 0 Å². The van der Waals surface area contributed by atoms with Gasteiger partial charge in [-0.05, 0) is 57.2 Å². The highest BCUT2D eigenvalue weighted by Gasteiger charge is 2.13. The van der Waals surface area contributed by atoms with E-state index < -0.39 is 0 Å². The normalized spacial score (nSPS) is 12.7. The number of nitrogens with two attached hydrogens (primary N) is 1. The summed E-state index contributed by atoms with van der Waals surface area (Å²) in [4.78, 5) is 2.54. The van der Waals surface area contributed by atoms with Crippen molar-refractivity contribution < 1.29 is 0 Å². The number of aryl methyl sites for hydroxylation is 1. The van der Waals surface area contributed by atoms with Gasteiger partial charge in [-0.3, -0.25) is 0 Å². The second-order valence-electron chi connectivity index (χ2n) is 6.49. The maximum Gasteiger partial charge on any atom is 0.0398 e. The number of anilines is 1. The molecule has 0 radical (unpaired) electrons. The maximum absolute atomic E-state index is 6.07. The van der Waals surface area contributed by atoms with Crippen LogP contribution in [0.4, 0.5) is 5.69 Å². The summed E-state index contributed by atoms with van der Waals surface area (Å²) in [5, 5.41) is 0. The van der Waals surface area contributed by atoms with Crippen molar-refractivity contribution in [2.24, 2.45) is 5.73 Å². The minimum Gasteiger partial charge on any atom is -0.369 e. The maximum atomic E-state index is 6.07. The lowest BCUT2D eigenvalue weighted by molar-refractivity contribution is 0.623. The van der Waals surface area contributed by atoms with Gasteiger partial charge in [0.1, 0.15) is 0 Å². The Hall–Kier alpha value is -1.02. The molecule has 1 rings (SSSR count). The molecule has 0 saturated heterocycles. The molecule has 0 aliphatic heterocycles. The summed E-state index contributed by atoms with van der Waals surface area (Å²) in [6.45, 7) is 12.4. The van der Waals surface area contributed by atoms with E-state index in [9.17, 15) is 0 Å². The summed E-state index contributed by atoms with van der Waals surface area (Å²) in [6, 6.07) is 7.69. The minimum atomic E-state index is 0.279. The van der Waals surface area contributed by atoms with Crippen molar-refractivity contribution in [2.45, 2.75) is 78.8 Å². The molecular formula is C19H34N2. The minimum absolute atomic E-state index is 0.279. The van der Waals surface area contributed by atoms with E-state index in [1.165, 1.54) is 36.1 Å². The van der Waals surface area contributed by atoms with Crippen molar-refractivity contribution >= 4 is 5.69 Å². The fourth-order valence-electron chi connectivity index (χ4n) is 2.80. The summed E-state index contributed by atoms with van der Waals surface area (Å²) in [6.07, 6.45) is 5.88. The average Bonchev–Trinajstić information content (AvgIpc) is 2.44. The van der Waals surface area contributed by atoms with E-state index in [2.05, 4.69) is 57.7 Å². The van der Waals surface area contributed by atoms with E-state index in [0.717, 1.165) is 19.4 Å². The van der Waals surface area contributed by atoms with Crippen molar-refractivity contribution in [3.63, 3.8) is 0 Å². The van der Waals surface area contributed by atoms with Crippen LogP contribution < -0.4 is 10.6 Å². The number of hydrogen-bond acceptors (Lipinski definition) is 2. The SMILES string of the molecule is CCCCCN(c1ccc(CC(N)CC)cc1C)C(C)C. The van der Waals surface area contributed by atoms with Crippen LogP contribution in [0.3, 0.4) is 0 Å². The van der Waals surface area contributed by atoms with Crippen molar-refractivity contribution in [1.82, 2.24) is 0 Å². The lowest BCUT2D eigenvalue weighted by Crippen LogP contribution is -2.32. The highest BCUT2D eigenvalue weighted by atomic mass is 15.1. The van der Waals surface area contributed by atoms with Gasteiger partial charge in [0.15, 0.2) is 0 Å². The molecule has 0 heterocycles. The zero-order valence-corrected chi connectivity index (χ0v) is 14.7. The van der Waals surface area contributed by atoms with E-state index in [0.29, 0.717) is 6.04 Å². The molecule has 0 amide bonds. The summed E-state index contributed by atoms with van der Waals surface area (Å²) < 4.78 is 0. The molecule has 0 saturated carbocycles. The second kappa shape index (κ2) is 9.09. The summed E-state index contributed by atoms with van der Waals surface area (Å²) in [5.74, 6) is 0. The van der Waals surface area contributed by atoms with Gasteiger partial charge in [-0.1, -0.05) is 38.8 Å². The molecule has 2 N–H and O–H groups in total. The Kier molecular flexibility index (Phi) is 7.81. The molecule has 0 aliphatic carbocycles. The third-order valence-electron chi connectivity index (χ3n) is 4.22. The van der Waals surface area contributed by atoms with Crippen molar-refractivity contribution in [3.8, 4) is 0 Å². The topological polar surface area (TPSA) is 29.3 Å². The number of benzene rings is 1. The van der Waals surface area contributed by atoms with Crippen LogP contribution >= 0.6 is 0 Å². The first-order valence-electron chi connectivity index (χ1n) is 8.61. The molecule has 1 atom stereocenters. The smallest absolute Gasteiger partial charge is 0.0398 e. The van der Waals surface area contributed by atoms with Gasteiger partial charge in [-0.25, -0.2) is 0 Å². The molecule has 2 nitrogen and oxygen atoms in total. The quantitative estimate of drug-likeness (QED) is 0.669. The van der Waals surface area contributed by atoms with E-state index in [1.807, 2.05) is 0 Å². The average molecular weight is 290 g/mol. The Bertz CT molecular complexity index is 412. The zero-order valence-electron chi connectivity index (χ0n) is 14.7. The van der Waals surface area contributed by atoms with Gasteiger partial charge in [0.25, 0.3) is 0 Å². The van der Waals surface area contributed by atoms with Crippen LogP contribution in [0.5, 0.6) is 0 Å². The molecule has 120 valence electrons. The molecule has 2 heteroatoms. The lowest BCUT2D eigenvalue weighted by atomic mass is 10.0. The number of hydrogen-bond donors (Lipinski definition) is 1. The lowest BCUT2D eigenvalue weighted by Gasteiger charge is -2.31. The molecule has 0 fully saturated rings. The van der Waals surface area contributed by atoms with E-state index in [-0.39, 0.29) is 6.04 Å². The van der Waals surface area contributed by atoms with Crippen LogP contribution in [0.1, 0.15) is 64.5 Å². The van der Waals surface area contributed by atoms with Gasteiger partial charge in [-0.2, -0.15) is 0 Å². The molecule has 0 bridgehead atoms. The third kappa shape index (κ3) is 5.70. The Morgan fingerprint density at radius 3 is 2.38 bits per heavy atom. The molecule has 1 unspecified atom stereocenters. The van der Waals surface area contributed by atoms with Crippen LogP contribution in [0.25, 0.3) is 0 Å². The summed E-state index contributed by atoms with van der Waals surface area (Å²) in [5.41, 5.74) is 10.2. The van der Waals surface area contributed by atoms with Crippen LogP contribution in [0.2, 0.25) is 0 Å². The van der Waals surface area contributed by atoms with E-state index in [4.69, 9.17) is 5.73 Å². The fourth-order valence-corrected chi connectivity index (χ4v) is 2.80. The highest BCUT2D eigenvalue weighted by Crippen LogP contribution is 2.24. The molecule has 1 aromatic carbocycles. The monoisotopic (exact) mass is 290 g/mol. The number of rotatable bonds is 9. The molecule has 21 heavy (non-hydrogen) atoms. The molecule has 0 aromatic heterocycles. The Morgan fingerprint density at radius 1 is 1.14 bits per heavy atom. The van der Waals surface area contributed by atoms with Crippen LogP contribution in [0, 0.1) is 6.92 Å². The third-order valence-corrected chi connectivity index (χ3v) is 4.22. The summed E-state index contributed by atoms with van der Waals surface area (Å²) >= 11 is 0. The Labute approximate surface area is 131 Å². The highest BCUT2D eigenvalue weighted by molar-refractivity contribution is 5.55. The van der Waals surface area contributed by atoms with Gasteiger partial charge in [0.05, 0.1) is 0 Å². The number of nitrogens with zero attached hydrogens (tertiary/aromatic N) is 1. The van der Waals surface area contributed by atoms with Gasteiger partial charge in [0, 0.05) is 24.3 Å².